The van der Waals surface area contributed by atoms with E-state index in [1.807, 2.05) is 24.3 Å². The van der Waals surface area contributed by atoms with Crippen molar-refractivity contribution < 1.29 is 13.2 Å². The highest BCUT2D eigenvalue weighted by Gasteiger charge is 2.30. The number of thiophene rings is 1. The highest BCUT2D eigenvalue weighted by Crippen LogP contribution is 2.34. The fourth-order valence-corrected chi connectivity index (χ4v) is 4.47. The molecule has 2 aromatic rings. The molecule has 1 aromatic heterocycles. The molecule has 5 nitrogen and oxygen atoms in total. The molecular formula is C14H14N2O3S2. The van der Waals surface area contributed by atoms with Crippen LogP contribution < -0.4 is 10.0 Å². The van der Waals surface area contributed by atoms with E-state index in [4.69, 9.17) is 0 Å². The third-order valence-electron chi connectivity index (χ3n) is 3.40. The van der Waals surface area contributed by atoms with Crippen molar-refractivity contribution in [2.45, 2.75) is 16.5 Å². The molecule has 1 atom stereocenters. The lowest BCUT2D eigenvalue weighted by atomic mass is 9.97. The van der Waals surface area contributed by atoms with Gasteiger partial charge in [0.05, 0.1) is 5.92 Å². The van der Waals surface area contributed by atoms with Crippen molar-refractivity contribution in [2.24, 2.45) is 0 Å². The topological polar surface area (TPSA) is 75.3 Å². The molecule has 0 saturated heterocycles. The van der Waals surface area contributed by atoms with Gasteiger partial charge in [-0.15, -0.1) is 11.3 Å². The predicted molar refractivity (Wildman–Crippen MR) is 81.9 cm³/mol. The number of rotatable bonds is 5. The molecular weight excluding hydrogens is 308 g/mol. The summed E-state index contributed by atoms with van der Waals surface area (Å²) >= 11 is 1.17. The molecule has 1 aromatic carbocycles. The molecule has 110 valence electrons. The fourth-order valence-electron chi connectivity index (χ4n) is 2.39. The molecule has 3 rings (SSSR count). The normalized spacial score (nSPS) is 17.5. The van der Waals surface area contributed by atoms with Crippen molar-refractivity contribution in [2.75, 3.05) is 11.9 Å². The summed E-state index contributed by atoms with van der Waals surface area (Å²) in [6.45, 7) is 0.229. The Bertz CT molecular complexity index is 754. The molecule has 21 heavy (non-hydrogen) atoms. The zero-order valence-corrected chi connectivity index (χ0v) is 12.7. The lowest BCUT2D eigenvalue weighted by molar-refractivity contribution is -0.117. The minimum atomic E-state index is -3.47. The number of anilines is 1. The third-order valence-corrected chi connectivity index (χ3v) is 6.25. The second-order valence-corrected chi connectivity index (χ2v) is 7.69. The van der Waals surface area contributed by atoms with Crippen molar-refractivity contribution in [3.63, 3.8) is 0 Å². The van der Waals surface area contributed by atoms with Crippen LogP contribution in [0.3, 0.4) is 0 Å². The smallest absolute Gasteiger partial charge is 0.250 e. The van der Waals surface area contributed by atoms with Crippen molar-refractivity contribution >= 4 is 33.0 Å². The van der Waals surface area contributed by atoms with Gasteiger partial charge in [-0.3, -0.25) is 4.79 Å². The van der Waals surface area contributed by atoms with Crippen molar-refractivity contribution in [1.29, 1.82) is 0 Å². The summed E-state index contributed by atoms with van der Waals surface area (Å²) in [4.78, 5) is 11.9. The maximum Gasteiger partial charge on any atom is 0.250 e. The van der Waals surface area contributed by atoms with E-state index in [-0.39, 0.29) is 18.4 Å². The highest BCUT2D eigenvalue weighted by atomic mass is 32.2. The average molecular weight is 322 g/mol. The number of carbonyl (C=O) groups is 1. The van der Waals surface area contributed by atoms with Crippen LogP contribution in [0.15, 0.2) is 46.0 Å². The molecule has 0 spiro atoms. The van der Waals surface area contributed by atoms with E-state index in [1.165, 1.54) is 11.3 Å². The number of amides is 1. The van der Waals surface area contributed by atoms with Gasteiger partial charge in [0.15, 0.2) is 0 Å². The molecule has 1 unspecified atom stereocenters. The van der Waals surface area contributed by atoms with Gasteiger partial charge in [-0.2, -0.15) is 0 Å². The zero-order valence-electron chi connectivity index (χ0n) is 11.1. The summed E-state index contributed by atoms with van der Waals surface area (Å²) in [6, 6.07) is 10.7. The molecule has 2 N–H and O–H groups in total. The van der Waals surface area contributed by atoms with Crippen molar-refractivity contribution in [3.8, 4) is 0 Å². The second-order valence-electron chi connectivity index (χ2n) is 4.75. The first-order chi connectivity index (χ1) is 10.1. The Morgan fingerprint density at radius 2 is 2.00 bits per heavy atom. The molecule has 1 aliphatic heterocycles. The van der Waals surface area contributed by atoms with Crippen LogP contribution in [0.4, 0.5) is 5.69 Å². The van der Waals surface area contributed by atoms with Gasteiger partial charge in [0, 0.05) is 12.2 Å². The third kappa shape index (κ3) is 2.85. The van der Waals surface area contributed by atoms with E-state index >= 15 is 0 Å². The number of hydrogen-bond donors (Lipinski definition) is 2. The van der Waals surface area contributed by atoms with Crippen LogP contribution in [0.5, 0.6) is 0 Å². The lowest BCUT2D eigenvalue weighted by Gasteiger charge is -2.09. The van der Waals surface area contributed by atoms with Crippen LogP contribution in [0.1, 0.15) is 17.9 Å². The van der Waals surface area contributed by atoms with E-state index in [1.54, 1.807) is 17.5 Å². The van der Waals surface area contributed by atoms with Crippen LogP contribution in [0.2, 0.25) is 0 Å². The molecule has 1 amide bonds. The van der Waals surface area contributed by atoms with Crippen LogP contribution in [0.25, 0.3) is 0 Å². The lowest BCUT2D eigenvalue weighted by Crippen LogP contribution is -2.26. The minimum Gasteiger partial charge on any atom is -0.325 e. The Hall–Kier alpha value is -1.70. The predicted octanol–water partition coefficient (Wildman–Crippen LogP) is 2.15. The van der Waals surface area contributed by atoms with E-state index in [0.717, 1.165) is 11.3 Å². The van der Waals surface area contributed by atoms with E-state index in [9.17, 15) is 13.2 Å². The van der Waals surface area contributed by atoms with E-state index in [0.29, 0.717) is 10.6 Å². The van der Waals surface area contributed by atoms with Gasteiger partial charge in [0.25, 0.3) is 0 Å². The summed E-state index contributed by atoms with van der Waals surface area (Å²) in [5.41, 5.74) is 1.74. The van der Waals surface area contributed by atoms with Crippen molar-refractivity contribution in [3.05, 3.63) is 47.3 Å². The Balaban J connectivity index is 1.65. The van der Waals surface area contributed by atoms with Crippen LogP contribution in [0, 0.1) is 0 Å². The average Bonchev–Trinajstić information content (AvgIpc) is 3.08. The van der Waals surface area contributed by atoms with Gasteiger partial charge in [-0.25, -0.2) is 13.1 Å². The maximum absolute atomic E-state index is 12.0. The van der Waals surface area contributed by atoms with Crippen LogP contribution in [-0.2, 0) is 14.8 Å². The summed E-state index contributed by atoms with van der Waals surface area (Å²) in [5, 5.41) is 4.53. The van der Waals surface area contributed by atoms with Crippen LogP contribution >= 0.6 is 11.3 Å². The molecule has 2 heterocycles. The fraction of sp³-hybridized carbons (Fsp3) is 0.214. The number of sulfonamides is 1. The molecule has 0 saturated carbocycles. The number of fused-ring (bicyclic) bond motifs is 1. The first-order valence-corrected chi connectivity index (χ1v) is 8.87. The highest BCUT2D eigenvalue weighted by molar-refractivity contribution is 7.91. The number of para-hydroxylation sites is 1. The molecule has 7 heteroatoms. The Kier molecular flexibility index (Phi) is 3.79. The molecule has 0 fully saturated rings. The van der Waals surface area contributed by atoms with Crippen LogP contribution in [-0.4, -0.2) is 20.9 Å². The van der Waals surface area contributed by atoms with Gasteiger partial charge >= 0.3 is 0 Å². The summed E-state index contributed by atoms with van der Waals surface area (Å²) < 4.78 is 26.8. The summed E-state index contributed by atoms with van der Waals surface area (Å²) in [6.07, 6.45) is 0.438. The van der Waals surface area contributed by atoms with E-state index in [2.05, 4.69) is 10.0 Å². The summed E-state index contributed by atoms with van der Waals surface area (Å²) in [5.74, 6) is -0.376. The Morgan fingerprint density at radius 1 is 1.19 bits per heavy atom. The minimum absolute atomic E-state index is 0.0773. The first kappa shape index (κ1) is 14.2. The number of benzene rings is 1. The van der Waals surface area contributed by atoms with E-state index < -0.39 is 10.0 Å². The SMILES string of the molecule is O=C1Nc2ccccc2C1CCNS(=O)(=O)c1cccs1. The van der Waals surface area contributed by atoms with Gasteiger partial charge in [-0.1, -0.05) is 24.3 Å². The molecule has 0 radical (unpaired) electrons. The number of hydrogen-bond acceptors (Lipinski definition) is 4. The molecule has 0 bridgehead atoms. The Labute approximate surface area is 127 Å². The quantitative estimate of drug-likeness (QED) is 0.886. The van der Waals surface area contributed by atoms with Gasteiger partial charge in [-0.05, 0) is 29.5 Å². The Morgan fingerprint density at radius 3 is 2.76 bits per heavy atom. The summed E-state index contributed by atoms with van der Waals surface area (Å²) in [7, 11) is -3.47. The van der Waals surface area contributed by atoms with Gasteiger partial charge < -0.3 is 5.32 Å². The molecule has 1 aliphatic rings. The van der Waals surface area contributed by atoms with Gasteiger partial charge in [0.2, 0.25) is 15.9 Å². The second kappa shape index (κ2) is 5.59. The largest absolute Gasteiger partial charge is 0.325 e. The van der Waals surface area contributed by atoms with Crippen molar-refractivity contribution in [1.82, 2.24) is 4.72 Å². The first-order valence-electron chi connectivity index (χ1n) is 6.51. The number of nitrogens with one attached hydrogen (secondary N) is 2. The standard InChI is InChI=1S/C14H14N2O3S2/c17-14-11(10-4-1-2-5-12(10)16-14)7-8-15-21(18,19)13-6-3-9-20-13/h1-6,9,11,15H,7-8H2,(H,16,17). The number of carbonyl (C=O) groups excluding carboxylic acids is 1. The zero-order chi connectivity index (χ0) is 14.9. The molecule has 0 aliphatic carbocycles. The monoisotopic (exact) mass is 322 g/mol. The van der Waals surface area contributed by atoms with Gasteiger partial charge in [0.1, 0.15) is 4.21 Å². The maximum atomic E-state index is 12.0.